The van der Waals surface area contributed by atoms with Crippen LogP contribution in [0.4, 0.5) is 0 Å². The predicted molar refractivity (Wildman–Crippen MR) is 162 cm³/mol. The molecule has 0 spiro atoms. The second-order valence-corrected chi connectivity index (χ2v) is 11.7. The molecule has 2 aromatic carbocycles. The Balaban J connectivity index is 1.20. The van der Waals surface area contributed by atoms with E-state index < -0.39 is 11.6 Å². The summed E-state index contributed by atoms with van der Waals surface area (Å²) >= 11 is 1.65. The molecule has 1 unspecified atom stereocenters. The van der Waals surface area contributed by atoms with Crippen LogP contribution in [-0.4, -0.2) is 29.8 Å². The molecule has 1 saturated carbocycles. The highest BCUT2D eigenvalue weighted by molar-refractivity contribution is 7.08. The molecule has 1 aliphatic rings. The van der Waals surface area contributed by atoms with Crippen LogP contribution in [0, 0.1) is 6.92 Å². The van der Waals surface area contributed by atoms with Gasteiger partial charge in [0.15, 0.2) is 5.89 Å². The lowest BCUT2D eigenvalue weighted by atomic mass is 9.89. The summed E-state index contributed by atoms with van der Waals surface area (Å²) in [7, 11) is 0. The van der Waals surface area contributed by atoms with Gasteiger partial charge in [0.2, 0.25) is 5.60 Å². The van der Waals surface area contributed by atoms with Gasteiger partial charge in [-0.25, -0.2) is 9.78 Å². The Hall–Kier alpha value is -3.58. The van der Waals surface area contributed by atoms with Crippen LogP contribution in [0.1, 0.15) is 74.8 Å². The second kappa shape index (κ2) is 13.4. The van der Waals surface area contributed by atoms with Crippen molar-refractivity contribution in [1.82, 2.24) is 4.98 Å². The number of benzene rings is 2. The van der Waals surface area contributed by atoms with E-state index in [1.165, 1.54) is 32.1 Å². The Labute approximate surface area is 246 Å². The van der Waals surface area contributed by atoms with E-state index in [1.807, 2.05) is 60.8 Å². The molecule has 1 aliphatic carbocycles. The fraction of sp³-hybridized carbons (Fsp3) is 0.412. The van der Waals surface area contributed by atoms with Crippen LogP contribution in [0.15, 0.2) is 69.8 Å². The highest BCUT2D eigenvalue weighted by Gasteiger charge is 2.38. The van der Waals surface area contributed by atoms with Crippen molar-refractivity contribution in [2.45, 2.75) is 77.2 Å². The Morgan fingerprint density at radius 1 is 1.05 bits per heavy atom. The van der Waals surface area contributed by atoms with E-state index in [2.05, 4.69) is 11.4 Å². The number of carbonyl (C=O) groups is 1. The average molecular weight is 574 g/mol. The summed E-state index contributed by atoms with van der Waals surface area (Å²) in [4.78, 5) is 17.9. The molecule has 0 radical (unpaired) electrons. The van der Waals surface area contributed by atoms with Gasteiger partial charge in [0, 0.05) is 18.8 Å². The van der Waals surface area contributed by atoms with Gasteiger partial charge in [-0.05, 0) is 91.4 Å². The molecule has 1 fully saturated rings. The summed E-state index contributed by atoms with van der Waals surface area (Å²) < 4.78 is 23.8. The van der Waals surface area contributed by atoms with E-state index in [4.69, 9.17) is 23.6 Å². The zero-order valence-corrected chi connectivity index (χ0v) is 25.0. The van der Waals surface area contributed by atoms with Crippen molar-refractivity contribution in [3.8, 4) is 22.6 Å². The summed E-state index contributed by atoms with van der Waals surface area (Å²) in [5.74, 6) is 3.24. The lowest BCUT2D eigenvalue weighted by Crippen LogP contribution is -2.45. The van der Waals surface area contributed by atoms with Crippen LogP contribution < -0.4 is 9.47 Å². The number of hydrogen-bond acceptors (Lipinski definition) is 7. The number of nitrogens with zero attached hydrogens (tertiary/aromatic N) is 1. The second-order valence-electron chi connectivity index (χ2n) is 10.9. The molecule has 5 rings (SSSR count). The molecule has 2 aromatic heterocycles. The van der Waals surface area contributed by atoms with Gasteiger partial charge in [-0.2, -0.15) is 11.3 Å². The standard InChI is InChI=1S/C34H39NO5S/c1-4-37-33(36)34(3,40-30-12-8-11-27(21-30)28-18-20-41-23-28)22-25-13-15-29(16-14-25)38-19-17-31-24(2)39-32(35-31)26-9-6-5-7-10-26/h8,11-16,18,20-21,23,26H,4-7,9-10,17,19,22H2,1-3H3. The van der Waals surface area contributed by atoms with Crippen molar-refractivity contribution in [3.05, 3.63) is 88.3 Å². The Morgan fingerprint density at radius 2 is 1.85 bits per heavy atom. The number of oxazole rings is 1. The van der Waals surface area contributed by atoms with Gasteiger partial charge in [0.25, 0.3) is 0 Å². The van der Waals surface area contributed by atoms with Crippen LogP contribution in [0.2, 0.25) is 0 Å². The minimum Gasteiger partial charge on any atom is -0.493 e. The van der Waals surface area contributed by atoms with Crippen molar-refractivity contribution in [3.63, 3.8) is 0 Å². The molecular formula is C34H39NO5S. The number of esters is 1. The first-order valence-electron chi connectivity index (χ1n) is 14.6. The molecule has 2 heterocycles. The maximum absolute atomic E-state index is 13.1. The number of rotatable bonds is 12. The van der Waals surface area contributed by atoms with Crippen LogP contribution in [-0.2, 0) is 22.4 Å². The third kappa shape index (κ3) is 7.39. The molecule has 216 valence electrons. The van der Waals surface area contributed by atoms with Gasteiger partial charge in [0.05, 0.1) is 18.9 Å². The van der Waals surface area contributed by atoms with Crippen molar-refractivity contribution < 1.29 is 23.4 Å². The zero-order valence-electron chi connectivity index (χ0n) is 24.2. The maximum atomic E-state index is 13.1. The molecule has 1 atom stereocenters. The number of ether oxygens (including phenoxy) is 3. The first-order chi connectivity index (χ1) is 19.9. The lowest BCUT2D eigenvalue weighted by molar-refractivity contribution is -0.160. The quantitative estimate of drug-likeness (QED) is 0.159. The largest absolute Gasteiger partial charge is 0.493 e. The van der Waals surface area contributed by atoms with E-state index >= 15 is 0 Å². The Morgan fingerprint density at radius 3 is 2.59 bits per heavy atom. The molecule has 41 heavy (non-hydrogen) atoms. The van der Waals surface area contributed by atoms with Crippen molar-refractivity contribution >= 4 is 17.3 Å². The summed E-state index contributed by atoms with van der Waals surface area (Å²) in [6.45, 7) is 6.38. The summed E-state index contributed by atoms with van der Waals surface area (Å²) in [5.41, 5.74) is 2.91. The lowest BCUT2D eigenvalue weighted by Gasteiger charge is -2.29. The van der Waals surface area contributed by atoms with Crippen molar-refractivity contribution in [2.75, 3.05) is 13.2 Å². The van der Waals surface area contributed by atoms with Gasteiger partial charge in [-0.1, -0.05) is 43.5 Å². The fourth-order valence-corrected chi connectivity index (χ4v) is 6.09. The minimum absolute atomic E-state index is 0.284. The fourth-order valence-electron chi connectivity index (χ4n) is 5.43. The number of thiophene rings is 1. The molecule has 0 bridgehead atoms. The molecule has 6 nitrogen and oxygen atoms in total. The normalized spacial score (nSPS) is 15.3. The van der Waals surface area contributed by atoms with E-state index in [1.54, 1.807) is 25.2 Å². The first-order valence-corrected chi connectivity index (χ1v) is 15.5. The molecule has 4 aromatic rings. The Kier molecular flexibility index (Phi) is 9.45. The van der Waals surface area contributed by atoms with E-state index in [-0.39, 0.29) is 6.61 Å². The summed E-state index contributed by atoms with van der Waals surface area (Å²) in [6, 6.07) is 17.7. The van der Waals surface area contributed by atoms with Crippen LogP contribution >= 0.6 is 11.3 Å². The van der Waals surface area contributed by atoms with Crippen molar-refractivity contribution in [2.24, 2.45) is 0 Å². The topological polar surface area (TPSA) is 70.8 Å². The molecule has 0 saturated heterocycles. The zero-order chi connectivity index (χ0) is 28.7. The third-order valence-electron chi connectivity index (χ3n) is 7.67. The van der Waals surface area contributed by atoms with Crippen LogP contribution in [0.25, 0.3) is 11.1 Å². The van der Waals surface area contributed by atoms with Crippen LogP contribution in [0.5, 0.6) is 11.5 Å². The predicted octanol–water partition coefficient (Wildman–Crippen LogP) is 8.32. The van der Waals surface area contributed by atoms with E-state index in [0.717, 1.165) is 39.8 Å². The molecular weight excluding hydrogens is 534 g/mol. The highest BCUT2D eigenvalue weighted by Crippen LogP contribution is 2.33. The van der Waals surface area contributed by atoms with Crippen molar-refractivity contribution in [1.29, 1.82) is 0 Å². The first kappa shape index (κ1) is 28.9. The molecule has 7 heteroatoms. The molecule has 0 N–H and O–H groups in total. The average Bonchev–Trinajstić information content (AvgIpc) is 3.65. The minimum atomic E-state index is -1.19. The number of aryl methyl sites for hydroxylation is 1. The third-order valence-corrected chi connectivity index (χ3v) is 8.36. The van der Waals surface area contributed by atoms with E-state index in [9.17, 15) is 4.79 Å². The summed E-state index contributed by atoms with van der Waals surface area (Å²) in [5, 5.41) is 4.14. The van der Waals surface area contributed by atoms with E-state index in [0.29, 0.717) is 31.1 Å². The Bertz CT molecular complexity index is 1410. The SMILES string of the molecule is CCOC(=O)C(C)(Cc1ccc(OCCc2nc(C3CCCCC3)oc2C)cc1)Oc1cccc(-c2ccsc2)c1. The van der Waals surface area contributed by atoms with Gasteiger partial charge < -0.3 is 18.6 Å². The summed E-state index contributed by atoms with van der Waals surface area (Å²) in [6.07, 6.45) is 7.23. The number of carbonyl (C=O) groups excluding carboxylic acids is 1. The number of aromatic nitrogens is 1. The highest BCUT2D eigenvalue weighted by atomic mass is 32.1. The monoisotopic (exact) mass is 573 g/mol. The molecule has 0 aliphatic heterocycles. The maximum Gasteiger partial charge on any atom is 0.350 e. The van der Waals surface area contributed by atoms with Gasteiger partial charge >= 0.3 is 5.97 Å². The van der Waals surface area contributed by atoms with Gasteiger partial charge in [0.1, 0.15) is 17.3 Å². The van der Waals surface area contributed by atoms with Gasteiger partial charge in [-0.15, -0.1) is 0 Å². The molecule has 0 amide bonds. The number of hydrogen-bond donors (Lipinski definition) is 0. The van der Waals surface area contributed by atoms with Crippen LogP contribution in [0.3, 0.4) is 0 Å². The van der Waals surface area contributed by atoms with Gasteiger partial charge in [-0.3, -0.25) is 0 Å². The smallest absolute Gasteiger partial charge is 0.350 e.